The molecule has 3 aromatic rings. The van der Waals surface area contributed by atoms with Gasteiger partial charge in [0, 0.05) is 18.3 Å². The zero-order chi connectivity index (χ0) is 24.7. The third-order valence-corrected chi connectivity index (χ3v) is 6.19. The summed E-state index contributed by atoms with van der Waals surface area (Å²) in [6, 6.07) is 14.5. The maximum atomic E-state index is 13.1. The molecule has 5 rings (SSSR count). The van der Waals surface area contributed by atoms with Gasteiger partial charge in [0.2, 0.25) is 0 Å². The van der Waals surface area contributed by atoms with Crippen molar-refractivity contribution in [2.24, 2.45) is 11.6 Å². The number of nitrogens with two attached hydrogens (primary N) is 2. The van der Waals surface area contributed by atoms with E-state index in [2.05, 4.69) is 15.6 Å². The average molecular weight is 472 g/mol. The van der Waals surface area contributed by atoms with E-state index in [0.29, 0.717) is 22.4 Å². The number of urea groups is 1. The summed E-state index contributed by atoms with van der Waals surface area (Å²) in [5, 5.41) is 4.98. The van der Waals surface area contributed by atoms with Crippen molar-refractivity contribution < 1.29 is 24.0 Å². The molecule has 35 heavy (non-hydrogen) atoms. The Morgan fingerprint density at radius 1 is 1.06 bits per heavy atom. The van der Waals surface area contributed by atoms with Crippen LogP contribution in [-0.2, 0) is 16.9 Å². The lowest BCUT2D eigenvalue weighted by Gasteiger charge is -2.31. The lowest BCUT2D eigenvalue weighted by atomic mass is 9.88. The van der Waals surface area contributed by atoms with E-state index in [0.717, 1.165) is 11.1 Å². The summed E-state index contributed by atoms with van der Waals surface area (Å²) >= 11 is 0. The molecule has 1 aromatic heterocycles. The van der Waals surface area contributed by atoms with Gasteiger partial charge in [-0.2, -0.15) is 5.90 Å². The van der Waals surface area contributed by atoms with Gasteiger partial charge in [-0.1, -0.05) is 30.3 Å². The number of rotatable bonds is 6. The molecule has 0 bridgehead atoms. The SMILES string of the molecule is NOc1ccc2c(c1)C(=O)N(C[C@@]1(c3ccc(-c4ccnc(C(N)=O)c4)cc3)NC(=O)NC1=O)C2. The molecule has 0 unspecified atom stereocenters. The number of pyridine rings is 1. The van der Waals surface area contributed by atoms with Crippen LogP contribution in [0.15, 0.2) is 60.8 Å². The molecule has 176 valence electrons. The summed E-state index contributed by atoms with van der Waals surface area (Å²) in [7, 11) is 0. The fraction of sp³-hybridized carbons (Fsp3) is 0.125. The van der Waals surface area contributed by atoms with Crippen molar-refractivity contribution in [2.75, 3.05) is 6.54 Å². The number of carbonyl (C=O) groups is 4. The molecule has 2 aliphatic heterocycles. The maximum absolute atomic E-state index is 13.1. The molecule has 0 spiro atoms. The molecule has 2 aliphatic rings. The first kappa shape index (κ1) is 22.0. The van der Waals surface area contributed by atoms with Gasteiger partial charge in [0.1, 0.15) is 11.4 Å². The molecule has 11 nitrogen and oxygen atoms in total. The van der Waals surface area contributed by atoms with Gasteiger partial charge in [-0.15, -0.1) is 0 Å². The average Bonchev–Trinajstić information content (AvgIpc) is 3.33. The number of benzene rings is 2. The molecule has 2 aromatic carbocycles. The van der Waals surface area contributed by atoms with Gasteiger partial charge in [0.05, 0.1) is 6.54 Å². The van der Waals surface area contributed by atoms with Crippen molar-refractivity contribution >= 4 is 23.8 Å². The lowest BCUT2D eigenvalue weighted by molar-refractivity contribution is -0.124. The summed E-state index contributed by atoms with van der Waals surface area (Å²) in [5.41, 5.74) is 7.08. The molecule has 0 aliphatic carbocycles. The minimum Gasteiger partial charge on any atom is -0.412 e. The second-order valence-corrected chi connectivity index (χ2v) is 8.28. The third kappa shape index (κ3) is 3.73. The second kappa shape index (κ2) is 8.22. The summed E-state index contributed by atoms with van der Waals surface area (Å²) in [6.45, 7) is 0.173. The van der Waals surface area contributed by atoms with Crippen LogP contribution in [0.2, 0.25) is 0 Å². The van der Waals surface area contributed by atoms with Crippen LogP contribution in [0, 0.1) is 0 Å². The quantitative estimate of drug-likeness (QED) is 0.303. The van der Waals surface area contributed by atoms with Crippen molar-refractivity contribution in [1.29, 1.82) is 0 Å². The Balaban J connectivity index is 1.47. The molecule has 5 amide bonds. The van der Waals surface area contributed by atoms with E-state index in [-0.39, 0.29) is 24.7 Å². The van der Waals surface area contributed by atoms with E-state index in [1.807, 2.05) is 0 Å². The van der Waals surface area contributed by atoms with Crippen molar-refractivity contribution in [3.05, 3.63) is 83.2 Å². The number of hydrogen-bond donors (Lipinski definition) is 4. The Hall–Kier alpha value is -4.77. The number of primary amides is 1. The van der Waals surface area contributed by atoms with Crippen LogP contribution in [0.5, 0.6) is 5.75 Å². The number of amides is 5. The molecule has 11 heteroatoms. The molecule has 1 fully saturated rings. The van der Waals surface area contributed by atoms with Crippen molar-refractivity contribution in [3.8, 4) is 16.9 Å². The number of carbonyl (C=O) groups excluding carboxylic acids is 4. The number of hydrogen-bond acceptors (Lipinski definition) is 7. The highest BCUT2D eigenvalue weighted by atomic mass is 16.6. The van der Waals surface area contributed by atoms with Gasteiger partial charge in [0.25, 0.3) is 17.7 Å². The molecule has 0 radical (unpaired) electrons. The van der Waals surface area contributed by atoms with Crippen LogP contribution < -0.4 is 27.1 Å². The lowest BCUT2D eigenvalue weighted by Crippen LogP contribution is -2.52. The summed E-state index contributed by atoms with van der Waals surface area (Å²) in [4.78, 5) is 59.9. The Morgan fingerprint density at radius 2 is 1.83 bits per heavy atom. The number of nitrogens with one attached hydrogen (secondary N) is 2. The molecular weight excluding hydrogens is 452 g/mol. The Kier molecular flexibility index (Phi) is 5.18. The van der Waals surface area contributed by atoms with Gasteiger partial charge in [0.15, 0.2) is 5.54 Å². The van der Waals surface area contributed by atoms with Crippen molar-refractivity contribution in [2.45, 2.75) is 12.1 Å². The first-order valence-corrected chi connectivity index (χ1v) is 10.6. The van der Waals surface area contributed by atoms with E-state index < -0.39 is 23.4 Å². The molecule has 1 atom stereocenters. The maximum Gasteiger partial charge on any atom is 0.322 e. The van der Waals surface area contributed by atoms with Crippen LogP contribution >= 0.6 is 0 Å². The summed E-state index contributed by atoms with van der Waals surface area (Å²) in [5.74, 6) is 4.04. The van der Waals surface area contributed by atoms with Gasteiger partial charge in [-0.3, -0.25) is 24.7 Å². The molecule has 3 heterocycles. The molecule has 6 N–H and O–H groups in total. The van der Waals surface area contributed by atoms with Gasteiger partial charge in [-0.25, -0.2) is 4.79 Å². The highest BCUT2D eigenvalue weighted by Gasteiger charge is 2.50. The Morgan fingerprint density at radius 3 is 2.49 bits per heavy atom. The number of nitrogens with zero attached hydrogens (tertiary/aromatic N) is 2. The monoisotopic (exact) mass is 472 g/mol. The minimum absolute atomic E-state index is 0.0860. The van der Waals surface area contributed by atoms with Crippen LogP contribution in [0.3, 0.4) is 0 Å². The predicted octanol–water partition coefficient (Wildman–Crippen LogP) is 0.791. The fourth-order valence-corrected chi connectivity index (χ4v) is 4.42. The smallest absolute Gasteiger partial charge is 0.322 e. The van der Waals surface area contributed by atoms with Gasteiger partial charge >= 0.3 is 6.03 Å². The molecular formula is C24H20N6O5. The summed E-state index contributed by atoms with van der Waals surface area (Å²) in [6.07, 6.45) is 1.48. The first-order valence-electron chi connectivity index (χ1n) is 10.6. The zero-order valence-electron chi connectivity index (χ0n) is 18.3. The van der Waals surface area contributed by atoms with E-state index in [1.165, 1.54) is 11.1 Å². The van der Waals surface area contributed by atoms with E-state index in [1.54, 1.807) is 54.6 Å². The van der Waals surface area contributed by atoms with E-state index >= 15 is 0 Å². The van der Waals surface area contributed by atoms with Crippen LogP contribution in [0.25, 0.3) is 11.1 Å². The highest BCUT2D eigenvalue weighted by Crippen LogP contribution is 2.33. The zero-order valence-corrected chi connectivity index (χ0v) is 18.3. The Labute approximate surface area is 199 Å². The van der Waals surface area contributed by atoms with Crippen LogP contribution in [0.4, 0.5) is 4.79 Å². The fourth-order valence-electron chi connectivity index (χ4n) is 4.42. The predicted molar refractivity (Wildman–Crippen MR) is 123 cm³/mol. The normalized spacial score (nSPS) is 18.8. The third-order valence-electron chi connectivity index (χ3n) is 6.19. The van der Waals surface area contributed by atoms with Crippen molar-refractivity contribution in [3.63, 3.8) is 0 Å². The summed E-state index contributed by atoms with van der Waals surface area (Å²) < 4.78 is 0. The number of imide groups is 1. The largest absolute Gasteiger partial charge is 0.412 e. The Bertz CT molecular complexity index is 1390. The van der Waals surface area contributed by atoms with Gasteiger partial charge < -0.3 is 20.8 Å². The topological polar surface area (TPSA) is 170 Å². The molecule has 0 saturated carbocycles. The minimum atomic E-state index is -1.49. The van der Waals surface area contributed by atoms with Crippen molar-refractivity contribution in [1.82, 2.24) is 20.5 Å². The standard InChI is InChI=1S/C24H20N6O5/c25-20(31)19-9-14(7-8-27-19)13-1-4-16(5-2-13)24(22(33)28-23(34)29-24)12-30-11-15-3-6-17(35-26)10-18(15)21(30)32/h1-10H,11-12,26H2,(H2,25,31)(H2,28,29,33,34)/t24-/m0/s1. The van der Waals surface area contributed by atoms with E-state index in [9.17, 15) is 19.2 Å². The number of fused-ring (bicyclic) bond motifs is 1. The first-order chi connectivity index (χ1) is 16.8. The van der Waals surface area contributed by atoms with Crippen LogP contribution in [-0.4, -0.2) is 40.2 Å². The highest BCUT2D eigenvalue weighted by molar-refractivity contribution is 6.08. The van der Waals surface area contributed by atoms with Gasteiger partial charge in [-0.05, 0) is 46.5 Å². The van der Waals surface area contributed by atoms with Crippen LogP contribution in [0.1, 0.15) is 32.0 Å². The molecule has 1 saturated heterocycles. The number of aromatic nitrogens is 1. The van der Waals surface area contributed by atoms with E-state index in [4.69, 9.17) is 16.5 Å². The second-order valence-electron chi connectivity index (χ2n) is 8.28.